The average molecular weight is 345 g/mol. The zero-order valence-electron chi connectivity index (χ0n) is 12.6. The van der Waals surface area contributed by atoms with Gasteiger partial charge in [0.05, 0.1) is 17.3 Å². The van der Waals surface area contributed by atoms with Gasteiger partial charge in [-0.05, 0) is 54.4 Å². The minimum absolute atomic E-state index is 0.241. The fourth-order valence-electron chi connectivity index (χ4n) is 2.34. The first-order valence-electron chi connectivity index (χ1n) is 7.44. The third-order valence-corrected chi connectivity index (χ3v) is 4.05. The third kappa shape index (κ3) is 4.30. The fourth-order valence-corrected chi connectivity index (χ4v) is 2.96. The predicted octanol–water partition coefficient (Wildman–Crippen LogP) is 4.84. The summed E-state index contributed by atoms with van der Waals surface area (Å²) in [7, 11) is 0. The summed E-state index contributed by atoms with van der Waals surface area (Å²) in [5.74, 6) is 6.11. The molecule has 0 amide bonds. The summed E-state index contributed by atoms with van der Waals surface area (Å²) in [5, 5.41) is 4.75. The normalized spacial score (nSPS) is 12.0. The average Bonchev–Trinajstić information content (AvgIpc) is 2.50. The molecule has 1 N–H and O–H groups in total. The molecule has 0 aliphatic heterocycles. The van der Waals surface area contributed by atoms with E-state index < -0.39 is 0 Å². The maximum absolute atomic E-state index is 4.85. The topological polar surface area (TPSA) is 24.9 Å². The second-order valence-corrected chi connectivity index (χ2v) is 5.87. The van der Waals surface area contributed by atoms with Crippen LogP contribution in [-0.4, -0.2) is 11.5 Å². The zero-order chi connectivity index (χ0) is 15.1. The Morgan fingerprint density at radius 1 is 1.33 bits per heavy atom. The highest BCUT2D eigenvalue weighted by Gasteiger charge is 2.16. The molecule has 2 rings (SSSR count). The Labute approximate surface area is 135 Å². The molecule has 1 unspecified atom stereocenters. The van der Waals surface area contributed by atoms with Crippen molar-refractivity contribution in [2.45, 2.75) is 39.2 Å². The van der Waals surface area contributed by atoms with Gasteiger partial charge in [0, 0.05) is 16.3 Å². The second-order valence-electron chi connectivity index (χ2n) is 5.02. The van der Waals surface area contributed by atoms with Gasteiger partial charge in [-0.3, -0.25) is 0 Å². The van der Waals surface area contributed by atoms with E-state index in [1.807, 2.05) is 19.1 Å². The molecule has 110 valence electrons. The molecule has 0 bridgehead atoms. The van der Waals surface area contributed by atoms with Crippen molar-refractivity contribution in [2.75, 3.05) is 6.54 Å². The van der Waals surface area contributed by atoms with Crippen LogP contribution in [-0.2, 0) is 0 Å². The highest BCUT2D eigenvalue weighted by molar-refractivity contribution is 9.10. The minimum atomic E-state index is 0.241. The predicted molar refractivity (Wildman–Crippen MR) is 93.2 cm³/mol. The van der Waals surface area contributed by atoms with E-state index in [0.717, 1.165) is 46.9 Å². The Hall–Kier alpha value is -1.37. The Balaban J connectivity index is 2.31. The molecule has 2 nitrogen and oxygen atoms in total. The molecular formula is C18H21BrN2. The summed E-state index contributed by atoms with van der Waals surface area (Å²) in [4.78, 5) is 4.85. The van der Waals surface area contributed by atoms with Crippen molar-refractivity contribution in [2.24, 2.45) is 0 Å². The molecule has 1 atom stereocenters. The number of hydrogen-bond acceptors (Lipinski definition) is 2. The standard InChI is InChI=1S/C18H21BrN2/c1-3-5-6-11-17(20-12-4-2)18-15(19)13-14-9-7-8-10-16(14)21-18/h7-10,13,17,20H,4,6,11-12H2,1-2H3. The van der Waals surface area contributed by atoms with Crippen molar-refractivity contribution in [3.63, 3.8) is 0 Å². The van der Waals surface area contributed by atoms with E-state index >= 15 is 0 Å². The molecule has 1 heterocycles. The summed E-state index contributed by atoms with van der Waals surface area (Å²) >= 11 is 3.68. The number of nitrogens with one attached hydrogen (secondary N) is 1. The molecule has 3 heteroatoms. The number of pyridine rings is 1. The molecule has 1 aromatic heterocycles. The van der Waals surface area contributed by atoms with Crippen molar-refractivity contribution >= 4 is 26.8 Å². The number of benzene rings is 1. The lowest BCUT2D eigenvalue weighted by Gasteiger charge is -2.19. The van der Waals surface area contributed by atoms with E-state index in [4.69, 9.17) is 4.98 Å². The van der Waals surface area contributed by atoms with Crippen LogP contribution in [0.25, 0.3) is 10.9 Å². The highest BCUT2D eigenvalue weighted by atomic mass is 79.9. The minimum Gasteiger partial charge on any atom is -0.309 e. The van der Waals surface area contributed by atoms with Gasteiger partial charge in [-0.25, -0.2) is 4.98 Å². The van der Waals surface area contributed by atoms with Crippen LogP contribution in [0, 0.1) is 11.8 Å². The number of rotatable bonds is 6. The van der Waals surface area contributed by atoms with E-state index in [1.165, 1.54) is 0 Å². The quantitative estimate of drug-likeness (QED) is 0.758. The Kier molecular flexibility index (Phi) is 6.22. The van der Waals surface area contributed by atoms with Crippen LogP contribution in [0.15, 0.2) is 34.8 Å². The molecular weight excluding hydrogens is 324 g/mol. The van der Waals surface area contributed by atoms with Crippen LogP contribution in [0.1, 0.15) is 44.8 Å². The summed E-state index contributed by atoms with van der Waals surface area (Å²) in [6, 6.07) is 10.6. The van der Waals surface area contributed by atoms with E-state index in [2.05, 4.69) is 58.2 Å². The van der Waals surface area contributed by atoms with Gasteiger partial charge in [-0.15, -0.1) is 11.8 Å². The van der Waals surface area contributed by atoms with Gasteiger partial charge in [-0.2, -0.15) is 0 Å². The number of halogens is 1. The monoisotopic (exact) mass is 344 g/mol. The van der Waals surface area contributed by atoms with Crippen molar-refractivity contribution in [1.82, 2.24) is 10.3 Å². The molecule has 0 saturated heterocycles. The van der Waals surface area contributed by atoms with Gasteiger partial charge in [0.2, 0.25) is 0 Å². The molecule has 0 spiro atoms. The smallest absolute Gasteiger partial charge is 0.0722 e. The molecule has 2 aromatic rings. The largest absolute Gasteiger partial charge is 0.309 e. The number of para-hydroxylation sites is 1. The summed E-state index contributed by atoms with van der Waals surface area (Å²) < 4.78 is 1.07. The van der Waals surface area contributed by atoms with E-state index in [0.29, 0.717) is 0 Å². The van der Waals surface area contributed by atoms with Gasteiger partial charge in [0.1, 0.15) is 0 Å². The van der Waals surface area contributed by atoms with E-state index in [9.17, 15) is 0 Å². The Bertz CT molecular complexity index is 655. The van der Waals surface area contributed by atoms with Crippen LogP contribution in [0.4, 0.5) is 0 Å². The van der Waals surface area contributed by atoms with Crippen LogP contribution < -0.4 is 5.32 Å². The van der Waals surface area contributed by atoms with Gasteiger partial charge in [-0.1, -0.05) is 25.1 Å². The van der Waals surface area contributed by atoms with Crippen LogP contribution >= 0.6 is 15.9 Å². The van der Waals surface area contributed by atoms with Crippen LogP contribution in [0.2, 0.25) is 0 Å². The van der Waals surface area contributed by atoms with Gasteiger partial charge in [0.25, 0.3) is 0 Å². The van der Waals surface area contributed by atoms with Gasteiger partial charge < -0.3 is 5.32 Å². The summed E-state index contributed by atoms with van der Waals surface area (Å²) in [6.45, 7) is 5.06. The van der Waals surface area contributed by atoms with Crippen LogP contribution in [0.3, 0.4) is 0 Å². The molecule has 0 aliphatic rings. The number of aromatic nitrogens is 1. The Morgan fingerprint density at radius 2 is 2.14 bits per heavy atom. The molecule has 0 radical (unpaired) electrons. The summed E-state index contributed by atoms with van der Waals surface area (Å²) in [5.41, 5.74) is 2.13. The third-order valence-electron chi connectivity index (χ3n) is 3.41. The highest BCUT2D eigenvalue weighted by Crippen LogP contribution is 2.28. The zero-order valence-corrected chi connectivity index (χ0v) is 14.2. The maximum Gasteiger partial charge on any atom is 0.0722 e. The molecule has 0 fully saturated rings. The van der Waals surface area contributed by atoms with Crippen molar-refractivity contribution in [3.8, 4) is 11.8 Å². The van der Waals surface area contributed by atoms with Crippen LogP contribution in [0.5, 0.6) is 0 Å². The first kappa shape index (κ1) is 16.0. The number of hydrogen-bond donors (Lipinski definition) is 1. The van der Waals surface area contributed by atoms with Crippen molar-refractivity contribution < 1.29 is 0 Å². The lowest BCUT2D eigenvalue weighted by molar-refractivity contribution is 0.494. The van der Waals surface area contributed by atoms with E-state index in [-0.39, 0.29) is 6.04 Å². The fraction of sp³-hybridized carbons (Fsp3) is 0.389. The maximum atomic E-state index is 4.85. The SMILES string of the molecule is CC#CCCC(NCCC)c1nc2ccccc2cc1Br. The first-order valence-corrected chi connectivity index (χ1v) is 8.23. The van der Waals surface area contributed by atoms with Crippen molar-refractivity contribution in [1.29, 1.82) is 0 Å². The summed E-state index contributed by atoms with van der Waals surface area (Å²) in [6.07, 6.45) is 2.98. The lowest BCUT2D eigenvalue weighted by atomic mass is 10.1. The van der Waals surface area contributed by atoms with E-state index in [1.54, 1.807) is 0 Å². The molecule has 21 heavy (non-hydrogen) atoms. The lowest BCUT2D eigenvalue weighted by Crippen LogP contribution is -2.23. The molecule has 0 aliphatic carbocycles. The Morgan fingerprint density at radius 3 is 2.90 bits per heavy atom. The molecule has 0 saturated carbocycles. The second kappa shape index (κ2) is 8.17. The van der Waals surface area contributed by atoms with Gasteiger partial charge in [0.15, 0.2) is 0 Å². The molecule has 1 aromatic carbocycles. The number of nitrogens with zero attached hydrogens (tertiary/aromatic N) is 1. The number of fused-ring (bicyclic) bond motifs is 1. The van der Waals surface area contributed by atoms with Crippen molar-refractivity contribution in [3.05, 3.63) is 40.5 Å². The first-order chi connectivity index (χ1) is 10.3. The van der Waals surface area contributed by atoms with Gasteiger partial charge >= 0.3 is 0 Å².